The van der Waals surface area contributed by atoms with Gasteiger partial charge in [0.05, 0.1) is 5.69 Å². The molecule has 0 radical (unpaired) electrons. The maximum absolute atomic E-state index is 10.0. The highest BCUT2D eigenvalue weighted by Gasteiger charge is 2.21. The van der Waals surface area contributed by atoms with Crippen molar-refractivity contribution in [1.82, 2.24) is 10.2 Å². The van der Waals surface area contributed by atoms with Crippen LogP contribution in [-0.4, -0.2) is 68.4 Å². The van der Waals surface area contributed by atoms with Crippen LogP contribution >= 0.6 is 24.0 Å². The molecule has 27 heavy (non-hydrogen) atoms. The van der Waals surface area contributed by atoms with E-state index in [1.54, 1.807) is 6.07 Å². The Labute approximate surface area is 181 Å². The van der Waals surface area contributed by atoms with Gasteiger partial charge in [-0.3, -0.25) is 4.99 Å². The molecule has 1 aromatic carbocycles. The molecule has 1 heterocycles. The summed E-state index contributed by atoms with van der Waals surface area (Å²) >= 11 is 0. The molecular weight excluding hydrogens is 455 g/mol. The van der Waals surface area contributed by atoms with Crippen molar-refractivity contribution in [3.8, 4) is 5.75 Å². The molecule has 0 atom stereocenters. The minimum Gasteiger partial charge on any atom is -0.506 e. The molecule has 1 aliphatic rings. The van der Waals surface area contributed by atoms with Crippen LogP contribution in [-0.2, 0) is 4.74 Å². The molecule has 0 aliphatic carbocycles. The number of nitrogens with one attached hydrogen (secondary N) is 1. The molecule has 154 valence electrons. The molecule has 6 nitrogen and oxygen atoms in total. The van der Waals surface area contributed by atoms with E-state index < -0.39 is 0 Å². The SMILES string of the molecule is CCCCOCCCN=C(NCC)N1CCN(c2ccccc2O)CC1.I. The van der Waals surface area contributed by atoms with Crippen LogP contribution in [0.5, 0.6) is 5.75 Å². The Morgan fingerprint density at radius 1 is 1.11 bits per heavy atom. The van der Waals surface area contributed by atoms with Crippen molar-refractivity contribution < 1.29 is 9.84 Å². The van der Waals surface area contributed by atoms with E-state index in [1.165, 1.54) is 6.42 Å². The van der Waals surface area contributed by atoms with E-state index in [1.807, 2.05) is 18.2 Å². The number of ether oxygens (including phenoxy) is 1. The second-order valence-corrected chi connectivity index (χ2v) is 6.52. The number of aromatic hydroxyl groups is 1. The molecule has 7 heteroatoms. The van der Waals surface area contributed by atoms with E-state index in [9.17, 15) is 5.11 Å². The number of phenolic OH excluding ortho intramolecular Hbond substituents is 1. The molecular formula is C20H35IN4O2. The first kappa shape index (κ1) is 23.8. The van der Waals surface area contributed by atoms with Gasteiger partial charge in [-0.1, -0.05) is 25.5 Å². The maximum atomic E-state index is 10.0. The molecule has 2 rings (SSSR count). The summed E-state index contributed by atoms with van der Waals surface area (Å²) in [6, 6.07) is 7.55. The van der Waals surface area contributed by atoms with E-state index in [2.05, 4.69) is 29.0 Å². The summed E-state index contributed by atoms with van der Waals surface area (Å²) in [6.45, 7) is 11.1. The predicted molar refractivity (Wildman–Crippen MR) is 124 cm³/mol. The molecule has 1 aromatic rings. The lowest BCUT2D eigenvalue weighted by molar-refractivity contribution is 0.130. The number of guanidine groups is 1. The first-order valence-corrected chi connectivity index (χ1v) is 9.90. The fourth-order valence-electron chi connectivity index (χ4n) is 3.02. The molecule has 0 spiro atoms. The molecule has 1 fully saturated rings. The standard InChI is InChI=1S/C20H34N4O2.HI/c1-3-5-16-26-17-8-11-22-20(21-4-2)24-14-12-23(13-15-24)18-9-6-7-10-19(18)25;/h6-7,9-10,25H,3-5,8,11-17H2,1-2H3,(H,21,22);1H. The molecule has 2 N–H and O–H groups in total. The number of para-hydroxylation sites is 2. The molecule has 0 bridgehead atoms. The molecule has 1 aliphatic heterocycles. The molecule has 0 aromatic heterocycles. The third-order valence-electron chi connectivity index (χ3n) is 4.49. The van der Waals surface area contributed by atoms with Gasteiger partial charge >= 0.3 is 0 Å². The summed E-state index contributed by atoms with van der Waals surface area (Å²) in [6.07, 6.45) is 3.26. The van der Waals surface area contributed by atoms with Gasteiger partial charge in [0.1, 0.15) is 5.75 Å². The Kier molecular flexibility index (Phi) is 12.2. The Bertz CT molecular complexity index is 549. The zero-order valence-corrected chi connectivity index (χ0v) is 19.0. The smallest absolute Gasteiger partial charge is 0.194 e. The molecule has 0 amide bonds. The van der Waals surface area contributed by atoms with E-state index in [-0.39, 0.29) is 24.0 Å². The number of phenols is 1. The van der Waals surface area contributed by atoms with Gasteiger partial charge in [-0.15, -0.1) is 24.0 Å². The third-order valence-corrected chi connectivity index (χ3v) is 4.49. The number of hydrogen-bond acceptors (Lipinski definition) is 4. The van der Waals surface area contributed by atoms with Crippen molar-refractivity contribution in [2.24, 2.45) is 4.99 Å². The van der Waals surface area contributed by atoms with E-state index in [4.69, 9.17) is 9.73 Å². The average Bonchev–Trinajstić information content (AvgIpc) is 2.67. The lowest BCUT2D eigenvalue weighted by Crippen LogP contribution is -2.52. The van der Waals surface area contributed by atoms with Crippen LogP contribution in [0.15, 0.2) is 29.3 Å². The van der Waals surface area contributed by atoms with Crippen LogP contribution in [0.3, 0.4) is 0 Å². The topological polar surface area (TPSA) is 60.3 Å². The van der Waals surface area contributed by atoms with Crippen LogP contribution in [0.4, 0.5) is 5.69 Å². The first-order valence-electron chi connectivity index (χ1n) is 9.90. The highest BCUT2D eigenvalue weighted by Crippen LogP contribution is 2.27. The van der Waals surface area contributed by atoms with Crippen LogP contribution < -0.4 is 10.2 Å². The molecule has 0 unspecified atom stereocenters. The summed E-state index contributed by atoms with van der Waals surface area (Å²) in [7, 11) is 0. The number of nitrogens with zero attached hydrogens (tertiary/aromatic N) is 3. The summed E-state index contributed by atoms with van der Waals surface area (Å²) in [5.41, 5.74) is 0.915. The van der Waals surface area contributed by atoms with Crippen molar-refractivity contribution in [3.63, 3.8) is 0 Å². The first-order chi connectivity index (χ1) is 12.8. The summed E-state index contributed by atoms with van der Waals surface area (Å²) in [4.78, 5) is 9.29. The van der Waals surface area contributed by atoms with Crippen molar-refractivity contribution in [2.75, 3.05) is 57.4 Å². The quantitative estimate of drug-likeness (QED) is 0.241. The molecule has 1 saturated heterocycles. The maximum Gasteiger partial charge on any atom is 0.194 e. The lowest BCUT2D eigenvalue weighted by Gasteiger charge is -2.37. The van der Waals surface area contributed by atoms with E-state index in [0.29, 0.717) is 5.75 Å². The van der Waals surface area contributed by atoms with Gasteiger partial charge in [-0.05, 0) is 31.9 Å². The number of aliphatic imine (C=N–C) groups is 1. The normalized spacial score (nSPS) is 14.8. The number of unbranched alkanes of at least 4 members (excludes halogenated alkanes) is 1. The Hall–Kier alpha value is -1.22. The number of hydrogen-bond donors (Lipinski definition) is 2. The van der Waals surface area contributed by atoms with Gasteiger partial charge in [0.2, 0.25) is 0 Å². The average molecular weight is 490 g/mol. The van der Waals surface area contributed by atoms with Gasteiger partial charge in [0, 0.05) is 52.5 Å². The Morgan fingerprint density at radius 3 is 2.48 bits per heavy atom. The van der Waals surface area contributed by atoms with Gasteiger partial charge in [-0.25, -0.2) is 0 Å². The van der Waals surface area contributed by atoms with Crippen LogP contribution in [0, 0.1) is 0 Å². The van der Waals surface area contributed by atoms with Crippen molar-refractivity contribution in [3.05, 3.63) is 24.3 Å². The highest BCUT2D eigenvalue weighted by atomic mass is 127. The Balaban J connectivity index is 0.00000364. The second kappa shape index (κ2) is 13.9. The number of halogens is 1. The zero-order valence-electron chi connectivity index (χ0n) is 16.7. The van der Waals surface area contributed by atoms with Gasteiger partial charge in [0.15, 0.2) is 5.96 Å². The van der Waals surface area contributed by atoms with E-state index in [0.717, 1.165) is 77.0 Å². The monoisotopic (exact) mass is 490 g/mol. The fraction of sp³-hybridized carbons (Fsp3) is 0.650. The van der Waals surface area contributed by atoms with Gasteiger partial charge in [0.25, 0.3) is 0 Å². The number of rotatable bonds is 9. The number of piperazine rings is 1. The largest absolute Gasteiger partial charge is 0.506 e. The minimum atomic E-state index is 0. The second-order valence-electron chi connectivity index (χ2n) is 6.52. The van der Waals surface area contributed by atoms with Crippen LogP contribution in [0.2, 0.25) is 0 Å². The highest BCUT2D eigenvalue weighted by molar-refractivity contribution is 14.0. The van der Waals surface area contributed by atoms with Crippen molar-refractivity contribution in [1.29, 1.82) is 0 Å². The number of benzene rings is 1. The van der Waals surface area contributed by atoms with Crippen LogP contribution in [0.25, 0.3) is 0 Å². The van der Waals surface area contributed by atoms with E-state index >= 15 is 0 Å². The van der Waals surface area contributed by atoms with Crippen molar-refractivity contribution >= 4 is 35.6 Å². The lowest BCUT2D eigenvalue weighted by atomic mass is 10.2. The Morgan fingerprint density at radius 2 is 1.81 bits per heavy atom. The third kappa shape index (κ3) is 8.13. The summed E-state index contributed by atoms with van der Waals surface area (Å²) < 4.78 is 5.60. The fourth-order valence-corrected chi connectivity index (χ4v) is 3.02. The zero-order chi connectivity index (χ0) is 18.6. The predicted octanol–water partition coefficient (Wildman–Crippen LogP) is 3.30. The van der Waals surface area contributed by atoms with Crippen molar-refractivity contribution in [2.45, 2.75) is 33.1 Å². The molecule has 0 saturated carbocycles. The minimum absolute atomic E-state index is 0. The number of anilines is 1. The van der Waals surface area contributed by atoms with Gasteiger partial charge in [-0.2, -0.15) is 0 Å². The van der Waals surface area contributed by atoms with Crippen LogP contribution in [0.1, 0.15) is 33.1 Å². The van der Waals surface area contributed by atoms with Gasteiger partial charge < -0.3 is 25.0 Å². The summed E-state index contributed by atoms with van der Waals surface area (Å²) in [5, 5.41) is 13.4. The summed E-state index contributed by atoms with van der Waals surface area (Å²) in [5.74, 6) is 1.34.